The largest absolute Gasteiger partial charge is 0.370 e. The molecule has 1 saturated heterocycles. The third-order valence-corrected chi connectivity index (χ3v) is 3.38. The molecule has 18 heavy (non-hydrogen) atoms. The Labute approximate surface area is 108 Å². The number of hydrogen-bond acceptors (Lipinski definition) is 3. The summed E-state index contributed by atoms with van der Waals surface area (Å²) in [6.07, 6.45) is 5.11. The molecule has 1 atom stereocenters. The van der Waals surface area contributed by atoms with E-state index in [1.54, 1.807) is 6.92 Å². The quantitative estimate of drug-likeness (QED) is 0.889. The van der Waals surface area contributed by atoms with Crippen molar-refractivity contribution < 1.29 is 4.79 Å². The molecule has 1 aliphatic rings. The van der Waals surface area contributed by atoms with Gasteiger partial charge in [-0.25, -0.2) is 4.98 Å². The third kappa shape index (κ3) is 2.81. The minimum absolute atomic E-state index is 0.158. The van der Waals surface area contributed by atoms with Crippen LogP contribution in [0.1, 0.15) is 44.7 Å². The lowest BCUT2D eigenvalue weighted by Gasteiger charge is -2.23. The van der Waals surface area contributed by atoms with Crippen molar-refractivity contribution in [1.82, 2.24) is 9.88 Å². The van der Waals surface area contributed by atoms with E-state index in [1.807, 2.05) is 17.2 Å². The number of nitrogens with zero attached hydrogens (tertiary/aromatic N) is 2. The van der Waals surface area contributed by atoms with Crippen molar-refractivity contribution in [2.24, 2.45) is 0 Å². The van der Waals surface area contributed by atoms with Gasteiger partial charge in [-0.3, -0.25) is 4.79 Å². The summed E-state index contributed by atoms with van der Waals surface area (Å²) in [6.45, 7) is 5.58. The molecule has 0 radical (unpaired) electrons. The minimum Gasteiger partial charge on any atom is -0.370 e. The molecule has 0 aliphatic carbocycles. The van der Waals surface area contributed by atoms with Gasteiger partial charge in [0.05, 0.1) is 6.04 Å². The zero-order valence-electron chi connectivity index (χ0n) is 11.1. The van der Waals surface area contributed by atoms with Crippen LogP contribution in [0, 0.1) is 0 Å². The van der Waals surface area contributed by atoms with Crippen molar-refractivity contribution in [3.8, 4) is 0 Å². The Kier molecular flexibility index (Phi) is 4.18. The van der Waals surface area contributed by atoms with Crippen molar-refractivity contribution in [3.05, 3.63) is 23.9 Å². The summed E-state index contributed by atoms with van der Waals surface area (Å²) < 4.78 is 0. The van der Waals surface area contributed by atoms with Gasteiger partial charge in [0.15, 0.2) is 0 Å². The Hall–Kier alpha value is -1.58. The highest BCUT2D eigenvalue weighted by Gasteiger charge is 2.27. The van der Waals surface area contributed by atoms with E-state index in [2.05, 4.69) is 23.3 Å². The predicted molar refractivity (Wildman–Crippen MR) is 72.4 cm³/mol. The van der Waals surface area contributed by atoms with Crippen molar-refractivity contribution in [3.63, 3.8) is 0 Å². The van der Waals surface area contributed by atoms with Crippen LogP contribution in [0.5, 0.6) is 0 Å². The maximum Gasteiger partial charge on any atom is 0.219 e. The van der Waals surface area contributed by atoms with Gasteiger partial charge < -0.3 is 10.2 Å². The van der Waals surface area contributed by atoms with Crippen LogP contribution in [0.2, 0.25) is 0 Å². The summed E-state index contributed by atoms with van der Waals surface area (Å²) in [4.78, 5) is 17.9. The lowest BCUT2D eigenvalue weighted by atomic mass is 10.1. The molecule has 4 heteroatoms. The number of carbonyl (C=O) groups is 1. The second-order valence-electron chi connectivity index (χ2n) is 4.77. The van der Waals surface area contributed by atoms with Crippen LogP contribution in [-0.2, 0) is 4.79 Å². The Morgan fingerprint density at radius 1 is 1.56 bits per heavy atom. The monoisotopic (exact) mass is 247 g/mol. The van der Waals surface area contributed by atoms with Crippen LogP contribution in [0.3, 0.4) is 0 Å². The predicted octanol–water partition coefficient (Wildman–Crippen LogP) is 2.59. The van der Waals surface area contributed by atoms with E-state index >= 15 is 0 Å². The van der Waals surface area contributed by atoms with Crippen LogP contribution in [0.4, 0.5) is 5.82 Å². The highest BCUT2D eigenvalue weighted by atomic mass is 16.2. The number of aromatic nitrogens is 1. The summed E-state index contributed by atoms with van der Waals surface area (Å²) in [5.41, 5.74) is 1.14. The molecule has 1 N–H and O–H groups in total. The lowest BCUT2D eigenvalue weighted by Crippen LogP contribution is -2.28. The Balaban J connectivity index is 2.06. The molecule has 2 heterocycles. The number of nitrogens with one attached hydrogen (secondary N) is 1. The first-order chi connectivity index (χ1) is 8.72. The second-order valence-corrected chi connectivity index (χ2v) is 4.77. The molecule has 1 fully saturated rings. The van der Waals surface area contributed by atoms with Crippen molar-refractivity contribution in [2.75, 3.05) is 18.4 Å². The van der Waals surface area contributed by atoms with Crippen LogP contribution >= 0.6 is 0 Å². The van der Waals surface area contributed by atoms with Crippen molar-refractivity contribution >= 4 is 11.7 Å². The van der Waals surface area contributed by atoms with Crippen LogP contribution in [0.25, 0.3) is 0 Å². The standard InChI is InChI=1S/C14H21N3O/c1-3-8-15-14-7-6-12(10-16-14)13-5-4-9-17(13)11(2)18/h6-7,10,13H,3-5,8-9H2,1-2H3,(H,15,16)/t13-/m0/s1. The summed E-state index contributed by atoms with van der Waals surface area (Å²) in [5, 5.41) is 3.25. The van der Waals surface area contributed by atoms with E-state index in [0.29, 0.717) is 0 Å². The fourth-order valence-corrected chi connectivity index (χ4v) is 2.45. The molecule has 0 spiro atoms. The molecule has 98 valence electrons. The van der Waals surface area contributed by atoms with Gasteiger partial charge in [0.25, 0.3) is 0 Å². The summed E-state index contributed by atoms with van der Waals surface area (Å²) in [7, 11) is 0. The Morgan fingerprint density at radius 2 is 2.39 bits per heavy atom. The molecule has 0 unspecified atom stereocenters. The first-order valence-corrected chi connectivity index (χ1v) is 6.69. The topological polar surface area (TPSA) is 45.2 Å². The van der Waals surface area contributed by atoms with Gasteiger partial charge in [-0.15, -0.1) is 0 Å². The Bertz CT molecular complexity index is 402. The number of pyridine rings is 1. The maximum absolute atomic E-state index is 11.5. The summed E-state index contributed by atoms with van der Waals surface area (Å²) >= 11 is 0. The van der Waals surface area contributed by atoms with Crippen LogP contribution < -0.4 is 5.32 Å². The van der Waals surface area contributed by atoms with Gasteiger partial charge in [-0.05, 0) is 30.9 Å². The molecular weight excluding hydrogens is 226 g/mol. The van der Waals surface area contributed by atoms with Gasteiger partial charge in [0, 0.05) is 26.2 Å². The smallest absolute Gasteiger partial charge is 0.219 e. The van der Waals surface area contributed by atoms with Crippen molar-refractivity contribution in [2.45, 2.75) is 39.2 Å². The highest BCUT2D eigenvalue weighted by molar-refractivity contribution is 5.74. The molecule has 4 nitrogen and oxygen atoms in total. The second kappa shape index (κ2) is 5.85. The van der Waals surface area contributed by atoms with E-state index in [4.69, 9.17) is 0 Å². The van der Waals surface area contributed by atoms with E-state index in [1.165, 1.54) is 0 Å². The first kappa shape index (κ1) is 12.9. The minimum atomic E-state index is 0.158. The molecule has 0 aromatic carbocycles. The fourth-order valence-electron chi connectivity index (χ4n) is 2.45. The fraction of sp³-hybridized carbons (Fsp3) is 0.571. The van der Waals surface area contributed by atoms with Crippen LogP contribution in [-0.4, -0.2) is 28.9 Å². The SMILES string of the molecule is CCCNc1ccc([C@@H]2CCCN2C(C)=O)cn1. The summed E-state index contributed by atoms with van der Waals surface area (Å²) in [5.74, 6) is 1.07. The van der Waals surface area contributed by atoms with Gasteiger partial charge in [0.1, 0.15) is 5.82 Å². The number of likely N-dealkylation sites (tertiary alicyclic amines) is 1. The molecule has 2 rings (SSSR count). The molecule has 0 saturated carbocycles. The zero-order chi connectivity index (χ0) is 13.0. The van der Waals surface area contributed by atoms with E-state index in [0.717, 1.165) is 43.7 Å². The maximum atomic E-state index is 11.5. The number of hydrogen-bond donors (Lipinski definition) is 1. The molecule has 1 aromatic rings. The zero-order valence-corrected chi connectivity index (χ0v) is 11.1. The van der Waals surface area contributed by atoms with Gasteiger partial charge in [-0.1, -0.05) is 13.0 Å². The lowest BCUT2D eigenvalue weighted by molar-refractivity contribution is -0.129. The molecule has 1 aliphatic heterocycles. The first-order valence-electron chi connectivity index (χ1n) is 6.69. The van der Waals surface area contributed by atoms with Gasteiger partial charge >= 0.3 is 0 Å². The highest BCUT2D eigenvalue weighted by Crippen LogP contribution is 2.31. The Morgan fingerprint density at radius 3 is 3.00 bits per heavy atom. The van der Waals surface area contributed by atoms with Crippen molar-refractivity contribution in [1.29, 1.82) is 0 Å². The van der Waals surface area contributed by atoms with E-state index in [-0.39, 0.29) is 11.9 Å². The molecule has 1 amide bonds. The number of rotatable bonds is 4. The number of amides is 1. The number of anilines is 1. The van der Waals surface area contributed by atoms with Gasteiger partial charge in [-0.2, -0.15) is 0 Å². The van der Waals surface area contributed by atoms with E-state index < -0.39 is 0 Å². The van der Waals surface area contributed by atoms with Gasteiger partial charge in [0.2, 0.25) is 5.91 Å². The summed E-state index contributed by atoms with van der Waals surface area (Å²) in [6, 6.07) is 4.30. The molecule has 1 aromatic heterocycles. The average molecular weight is 247 g/mol. The normalized spacial score (nSPS) is 19.0. The third-order valence-electron chi connectivity index (χ3n) is 3.38. The van der Waals surface area contributed by atoms with E-state index in [9.17, 15) is 4.79 Å². The number of carbonyl (C=O) groups excluding carboxylic acids is 1. The molecular formula is C14H21N3O. The molecule has 0 bridgehead atoms. The van der Waals surface area contributed by atoms with Crippen LogP contribution in [0.15, 0.2) is 18.3 Å². The average Bonchev–Trinajstić information content (AvgIpc) is 2.86.